The third-order valence-electron chi connectivity index (χ3n) is 3.31. The Morgan fingerprint density at radius 1 is 1.20 bits per heavy atom. The Bertz CT molecular complexity index is 882. The summed E-state index contributed by atoms with van der Waals surface area (Å²) in [4.78, 5) is 16.4. The van der Waals surface area contributed by atoms with Crippen LogP contribution < -0.4 is 14.8 Å². The summed E-state index contributed by atoms with van der Waals surface area (Å²) in [6.07, 6.45) is 0. The van der Waals surface area contributed by atoms with Gasteiger partial charge in [-0.05, 0) is 18.2 Å². The molecular formula is C18H15ClN2O3S. The number of thiazole rings is 1. The fourth-order valence-electron chi connectivity index (χ4n) is 2.12. The first-order valence-electron chi connectivity index (χ1n) is 7.43. The second-order valence-corrected chi connectivity index (χ2v) is 6.30. The number of carbonyl (C=O) groups is 1. The van der Waals surface area contributed by atoms with Crippen molar-refractivity contribution in [2.45, 2.75) is 0 Å². The molecule has 0 fully saturated rings. The Balaban J connectivity index is 1.59. The number of anilines is 1. The van der Waals surface area contributed by atoms with E-state index in [4.69, 9.17) is 21.1 Å². The Labute approximate surface area is 154 Å². The van der Waals surface area contributed by atoms with Crippen molar-refractivity contribution in [1.29, 1.82) is 0 Å². The second-order valence-electron chi connectivity index (χ2n) is 5.03. The highest BCUT2D eigenvalue weighted by Crippen LogP contribution is 2.30. The van der Waals surface area contributed by atoms with E-state index in [1.54, 1.807) is 37.4 Å². The summed E-state index contributed by atoms with van der Waals surface area (Å²) in [5.74, 6) is 0.940. The molecule has 1 amide bonds. The van der Waals surface area contributed by atoms with Crippen LogP contribution in [0.5, 0.6) is 11.5 Å². The van der Waals surface area contributed by atoms with Crippen molar-refractivity contribution in [2.75, 3.05) is 19.0 Å². The van der Waals surface area contributed by atoms with Crippen LogP contribution in [-0.2, 0) is 4.79 Å². The molecule has 7 heteroatoms. The fourth-order valence-corrected chi connectivity index (χ4v) is 3.08. The lowest BCUT2D eigenvalue weighted by molar-refractivity contribution is -0.118. The molecule has 0 atom stereocenters. The van der Waals surface area contributed by atoms with Crippen molar-refractivity contribution in [3.05, 3.63) is 58.9 Å². The molecule has 1 aromatic heterocycles. The molecule has 0 aliphatic carbocycles. The van der Waals surface area contributed by atoms with E-state index in [0.29, 0.717) is 21.7 Å². The van der Waals surface area contributed by atoms with Crippen molar-refractivity contribution < 1.29 is 14.3 Å². The predicted octanol–water partition coefficient (Wildman–Crippen LogP) is 4.49. The first-order valence-corrected chi connectivity index (χ1v) is 8.68. The van der Waals surface area contributed by atoms with Crippen LogP contribution in [0.15, 0.2) is 53.9 Å². The minimum absolute atomic E-state index is 0.117. The maximum atomic E-state index is 12.0. The van der Waals surface area contributed by atoms with Gasteiger partial charge in [0.05, 0.1) is 12.8 Å². The average molecular weight is 375 g/mol. The number of rotatable bonds is 6. The van der Waals surface area contributed by atoms with E-state index in [0.717, 1.165) is 11.3 Å². The summed E-state index contributed by atoms with van der Waals surface area (Å²) in [6.45, 7) is -0.117. The van der Waals surface area contributed by atoms with Gasteiger partial charge in [-0.3, -0.25) is 10.1 Å². The SMILES string of the molecule is COc1cccc(OCC(=O)Nc2nc(-c3ccccc3Cl)cs2)c1. The van der Waals surface area contributed by atoms with Gasteiger partial charge in [0.2, 0.25) is 0 Å². The number of aromatic nitrogens is 1. The molecule has 0 aliphatic heterocycles. The molecule has 5 nitrogen and oxygen atoms in total. The van der Waals surface area contributed by atoms with Crippen LogP contribution >= 0.6 is 22.9 Å². The molecule has 0 aliphatic rings. The highest BCUT2D eigenvalue weighted by molar-refractivity contribution is 7.14. The zero-order chi connectivity index (χ0) is 17.6. The van der Waals surface area contributed by atoms with E-state index in [1.807, 2.05) is 23.6 Å². The molecule has 0 radical (unpaired) electrons. The summed E-state index contributed by atoms with van der Waals surface area (Å²) in [7, 11) is 1.57. The van der Waals surface area contributed by atoms with Crippen LogP contribution in [0.3, 0.4) is 0 Å². The lowest BCUT2D eigenvalue weighted by Crippen LogP contribution is -2.20. The zero-order valence-electron chi connectivity index (χ0n) is 13.4. The van der Waals surface area contributed by atoms with Crippen molar-refractivity contribution in [2.24, 2.45) is 0 Å². The highest BCUT2D eigenvalue weighted by atomic mass is 35.5. The van der Waals surface area contributed by atoms with Gasteiger partial charge in [0, 0.05) is 22.0 Å². The lowest BCUT2D eigenvalue weighted by atomic mass is 10.2. The number of hydrogen-bond acceptors (Lipinski definition) is 5. The Kier molecular flexibility index (Phi) is 5.53. The Morgan fingerprint density at radius 3 is 2.80 bits per heavy atom. The van der Waals surface area contributed by atoms with Gasteiger partial charge in [0.1, 0.15) is 11.5 Å². The number of methoxy groups -OCH3 is 1. The van der Waals surface area contributed by atoms with Crippen molar-refractivity contribution in [1.82, 2.24) is 4.98 Å². The minimum atomic E-state index is -0.289. The molecule has 0 saturated carbocycles. The van der Waals surface area contributed by atoms with E-state index in [2.05, 4.69) is 10.3 Å². The van der Waals surface area contributed by atoms with Crippen LogP contribution in [0, 0.1) is 0 Å². The first-order chi connectivity index (χ1) is 12.2. The molecule has 1 heterocycles. The Hall–Kier alpha value is -2.57. The van der Waals surface area contributed by atoms with Crippen LogP contribution in [0.2, 0.25) is 5.02 Å². The first kappa shape index (κ1) is 17.3. The smallest absolute Gasteiger partial charge is 0.264 e. The summed E-state index contributed by atoms with van der Waals surface area (Å²) < 4.78 is 10.6. The summed E-state index contributed by atoms with van der Waals surface area (Å²) in [5, 5.41) is 5.68. The molecule has 0 spiro atoms. The maximum Gasteiger partial charge on any atom is 0.264 e. The van der Waals surface area contributed by atoms with Gasteiger partial charge >= 0.3 is 0 Å². The molecule has 3 rings (SSSR count). The van der Waals surface area contributed by atoms with Crippen molar-refractivity contribution in [3.8, 4) is 22.8 Å². The monoisotopic (exact) mass is 374 g/mol. The van der Waals surface area contributed by atoms with Crippen LogP contribution in [0.1, 0.15) is 0 Å². The molecule has 3 aromatic rings. The number of halogens is 1. The normalized spacial score (nSPS) is 10.3. The van der Waals surface area contributed by atoms with Crippen LogP contribution in [0.4, 0.5) is 5.13 Å². The van der Waals surface area contributed by atoms with Gasteiger partial charge in [-0.25, -0.2) is 4.98 Å². The molecule has 1 N–H and O–H groups in total. The van der Waals surface area contributed by atoms with E-state index < -0.39 is 0 Å². The van der Waals surface area contributed by atoms with Gasteiger partial charge in [-0.1, -0.05) is 35.9 Å². The predicted molar refractivity (Wildman–Crippen MR) is 99.7 cm³/mol. The third-order valence-corrected chi connectivity index (χ3v) is 4.40. The summed E-state index contributed by atoms with van der Waals surface area (Å²) >= 11 is 7.49. The topological polar surface area (TPSA) is 60.5 Å². The Morgan fingerprint density at radius 2 is 2.00 bits per heavy atom. The second kappa shape index (κ2) is 8.00. The van der Waals surface area contributed by atoms with Crippen molar-refractivity contribution in [3.63, 3.8) is 0 Å². The standard InChI is InChI=1S/C18H15ClN2O3S/c1-23-12-5-4-6-13(9-12)24-10-17(22)21-18-20-16(11-25-18)14-7-2-3-8-15(14)19/h2-9,11H,10H2,1H3,(H,20,21,22). The number of ether oxygens (including phenoxy) is 2. The number of nitrogens with one attached hydrogen (secondary N) is 1. The molecule has 2 aromatic carbocycles. The fraction of sp³-hybridized carbons (Fsp3) is 0.111. The summed E-state index contributed by atoms with van der Waals surface area (Å²) in [5.41, 5.74) is 1.55. The molecule has 0 saturated heterocycles. The number of amides is 1. The largest absolute Gasteiger partial charge is 0.497 e. The van der Waals surface area contributed by atoms with Crippen LogP contribution in [0.25, 0.3) is 11.3 Å². The minimum Gasteiger partial charge on any atom is -0.497 e. The van der Waals surface area contributed by atoms with Gasteiger partial charge in [0.15, 0.2) is 11.7 Å². The molecule has 128 valence electrons. The van der Waals surface area contributed by atoms with Gasteiger partial charge in [-0.15, -0.1) is 11.3 Å². The zero-order valence-corrected chi connectivity index (χ0v) is 14.9. The van der Waals surface area contributed by atoms with E-state index >= 15 is 0 Å². The van der Waals surface area contributed by atoms with Gasteiger partial charge < -0.3 is 9.47 Å². The van der Waals surface area contributed by atoms with E-state index in [9.17, 15) is 4.79 Å². The van der Waals surface area contributed by atoms with E-state index in [1.165, 1.54) is 11.3 Å². The molecule has 25 heavy (non-hydrogen) atoms. The van der Waals surface area contributed by atoms with Gasteiger partial charge in [0.25, 0.3) is 5.91 Å². The molecule has 0 unspecified atom stereocenters. The quantitative estimate of drug-likeness (QED) is 0.690. The highest BCUT2D eigenvalue weighted by Gasteiger charge is 2.10. The number of benzene rings is 2. The van der Waals surface area contributed by atoms with E-state index in [-0.39, 0.29) is 12.5 Å². The number of carbonyl (C=O) groups excluding carboxylic acids is 1. The lowest BCUT2D eigenvalue weighted by Gasteiger charge is -2.07. The number of nitrogens with zero attached hydrogens (tertiary/aromatic N) is 1. The van der Waals surface area contributed by atoms with Crippen LogP contribution in [-0.4, -0.2) is 24.6 Å². The number of hydrogen-bond donors (Lipinski definition) is 1. The average Bonchev–Trinajstić information content (AvgIpc) is 3.08. The third kappa shape index (κ3) is 4.49. The summed E-state index contributed by atoms with van der Waals surface area (Å²) in [6, 6.07) is 14.5. The maximum absolute atomic E-state index is 12.0. The molecule has 0 bridgehead atoms. The van der Waals surface area contributed by atoms with Gasteiger partial charge in [-0.2, -0.15) is 0 Å². The molecular weight excluding hydrogens is 360 g/mol. The van der Waals surface area contributed by atoms with Crippen molar-refractivity contribution >= 4 is 34.0 Å².